The monoisotopic (exact) mass is 435 g/mol. The van der Waals surface area contributed by atoms with Crippen molar-refractivity contribution in [1.82, 2.24) is 4.90 Å². The molecule has 0 bridgehead atoms. The summed E-state index contributed by atoms with van der Waals surface area (Å²) in [6.45, 7) is 16.9. The molecule has 1 aliphatic rings. The lowest BCUT2D eigenvalue weighted by atomic mass is 9.90. The molecule has 168 valence electrons. The molecule has 0 radical (unpaired) electrons. The Bertz CT molecular complexity index is 792. The smallest absolute Gasteiger partial charge is 0.410 e. The molecule has 30 heavy (non-hydrogen) atoms. The van der Waals surface area contributed by atoms with Crippen molar-refractivity contribution in [2.45, 2.75) is 84.2 Å². The van der Waals surface area contributed by atoms with Gasteiger partial charge in [-0.05, 0) is 68.6 Å². The third-order valence-corrected chi connectivity index (χ3v) is 10.2. The van der Waals surface area contributed by atoms with E-state index >= 15 is 0 Å². The first kappa shape index (κ1) is 24.2. The van der Waals surface area contributed by atoms with Crippen molar-refractivity contribution in [3.05, 3.63) is 23.3 Å². The number of carbonyl (C=O) groups is 2. The normalized spacial score (nSPS) is 17.2. The number of fused-ring (bicyclic) bond motifs is 1. The van der Waals surface area contributed by atoms with Crippen LogP contribution in [-0.2, 0) is 16.0 Å². The summed E-state index contributed by atoms with van der Waals surface area (Å²) in [7, 11) is -0.467. The van der Waals surface area contributed by atoms with Gasteiger partial charge in [-0.25, -0.2) is 4.79 Å². The number of aldehydes is 1. The highest BCUT2D eigenvalue weighted by molar-refractivity contribution is 6.74. The van der Waals surface area contributed by atoms with Crippen LogP contribution in [0.5, 0.6) is 11.5 Å². The first-order valence-electron chi connectivity index (χ1n) is 10.5. The number of methoxy groups -OCH3 is 1. The Hall–Kier alpha value is -2.02. The third kappa shape index (κ3) is 5.36. The fourth-order valence-corrected chi connectivity index (χ4v) is 4.28. The van der Waals surface area contributed by atoms with Crippen LogP contribution in [0.25, 0.3) is 0 Å². The lowest BCUT2D eigenvalue weighted by Crippen LogP contribution is -2.44. The number of amides is 1. The maximum Gasteiger partial charge on any atom is 0.410 e. The van der Waals surface area contributed by atoms with Crippen LogP contribution >= 0.6 is 0 Å². The molecule has 0 saturated heterocycles. The van der Waals surface area contributed by atoms with Crippen molar-refractivity contribution < 1.29 is 23.5 Å². The van der Waals surface area contributed by atoms with Crippen molar-refractivity contribution in [2.24, 2.45) is 0 Å². The van der Waals surface area contributed by atoms with E-state index < -0.39 is 20.0 Å². The second kappa shape index (κ2) is 8.61. The number of benzene rings is 1. The van der Waals surface area contributed by atoms with E-state index in [-0.39, 0.29) is 17.5 Å². The van der Waals surface area contributed by atoms with E-state index in [1.165, 1.54) is 0 Å². The Morgan fingerprint density at radius 2 is 1.80 bits per heavy atom. The van der Waals surface area contributed by atoms with Gasteiger partial charge in [0, 0.05) is 13.0 Å². The molecule has 1 aliphatic heterocycles. The molecule has 1 heterocycles. The Morgan fingerprint density at radius 1 is 1.17 bits per heavy atom. The SMILES string of the molecule is COc1cc2c(cc1O[Si](C)(C)C(C)(C)C)[C@H](CC=O)N(C(=O)OC(C)(C)C)CC2. The van der Waals surface area contributed by atoms with Crippen molar-refractivity contribution in [2.75, 3.05) is 13.7 Å². The Morgan fingerprint density at radius 3 is 2.30 bits per heavy atom. The number of rotatable bonds is 5. The molecule has 0 aromatic heterocycles. The van der Waals surface area contributed by atoms with Gasteiger partial charge >= 0.3 is 6.09 Å². The van der Waals surface area contributed by atoms with E-state index in [0.29, 0.717) is 24.5 Å². The molecule has 0 spiro atoms. The molecule has 0 N–H and O–H groups in total. The van der Waals surface area contributed by atoms with E-state index in [0.717, 1.165) is 17.4 Å². The first-order chi connectivity index (χ1) is 13.7. The fourth-order valence-electron chi connectivity index (χ4n) is 3.26. The van der Waals surface area contributed by atoms with Gasteiger partial charge in [-0.15, -0.1) is 0 Å². The van der Waals surface area contributed by atoms with Crippen molar-refractivity contribution in [3.63, 3.8) is 0 Å². The summed E-state index contributed by atoms with van der Waals surface area (Å²) in [5.41, 5.74) is 1.40. The van der Waals surface area contributed by atoms with Crippen LogP contribution in [0.4, 0.5) is 4.79 Å². The summed E-state index contributed by atoms with van der Waals surface area (Å²) < 4.78 is 17.8. The van der Waals surface area contributed by atoms with Crippen molar-refractivity contribution in [3.8, 4) is 11.5 Å². The summed E-state index contributed by atoms with van der Waals surface area (Å²) in [5, 5.41) is 0.0265. The van der Waals surface area contributed by atoms with Crippen LogP contribution in [0.3, 0.4) is 0 Å². The minimum absolute atomic E-state index is 0.0265. The molecule has 0 saturated carbocycles. The van der Waals surface area contributed by atoms with Crippen LogP contribution in [-0.4, -0.2) is 44.9 Å². The predicted molar refractivity (Wildman–Crippen MR) is 121 cm³/mol. The molecule has 0 aliphatic carbocycles. The molecule has 1 aromatic rings. The molecule has 2 rings (SSSR count). The number of hydrogen-bond acceptors (Lipinski definition) is 5. The summed E-state index contributed by atoms with van der Waals surface area (Å²) in [6, 6.07) is 3.57. The largest absolute Gasteiger partial charge is 0.541 e. The zero-order valence-corrected chi connectivity index (χ0v) is 20.9. The number of ether oxygens (including phenoxy) is 2. The quantitative estimate of drug-likeness (QED) is 0.451. The van der Waals surface area contributed by atoms with Gasteiger partial charge < -0.3 is 23.6 Å². The number of nitrogens with zero attached hydrogens (tertiary/aromatic N) is 1. The van der Waals surface area contributed by atoms with Gasteiger partial charge in [0.2, 0.25) is 0 Å². The Labute approximate surface area is 182 Å². The van der Waals surface area contributed by atoms with E-state index in [4.69, 9.17) is 13.9 Å². The maximum absolute atomic E-state index is 12.8. The van der Waals surface area contributed by atoms with Crippen LogP contribution in [0.1, 0.15) is 65.1 Å². The van der Waals surface area contributed by atoms with Crippen molar-refractivity contribution >= 4 is 20.7 Å². The van der Waals surface area contributed by atoms with E-state index in [2.05, 4.69) is 33.9 Å². The topological polar surface area (TPSA) is 65.1 Å². The predicted octanol–water partition coefficient (Wildman–Crippen LogP) is 5.50. The van der Waals surface area contributed by atoms with Crippen LogP contribution in [0.15, 0.2) is 12.1 Å². The highest BCUT2D eigenvalue weighted by Gasteiger charge is 2.40. The number of carbonyl (C=O) groups excluding carboxylic acids is 2. The highest BCUT2D eigenvalue weighted by Crippen LogP contribution is 2.44. The average Bonchev–Trinajstić information content (AvgIpc) is 2.59. The summed E-state index contributed by atoms with van der Waals surface area (Å²) in [4.78, 5) is 25.9. The molecule has 1 amide bonds. The van der Waals surface area contributed by atoms with Gasteiger partial charge in [-0.1, -0.05) is 20.8 Å². The van der Waals surface area contributed by atoms with Gasteiger partial charge in [0.25, 0.3) is 8.32 Å². The zero-order valence-electron chi connectivity index (χ0n) is 19.9. The van der Waals surface area contributed by atoms with E-state index in [9.17, 15) is 9.59 Å². The van der Waals surface area contributed by atoms with E-state index in [1.807, 2.05) is 32.9 Å². The molecule has 6 nitrogen and oxygen atoms in total. The van der Waals surface area contributed by atoms with Gasteiger partial charge in [0.05, 0.1) is 13.2 Å². The minimum Gasteiger partial charge on any atom is -0.541 e. The standard InChI is InChI=1S/C23H37NO5Si/c1-22(2,3)28-21(26)24-12-10-16-14-19(27-7)20(15-17(16)18(24)11-13-25)29-30(8,9)23(4,5)6/h13-15,18H,10-12H2,1-9H3/t18-/m0/s1. The molecular formula is C23H37NO5Si. The van der Waals surface area contributed by atoms with Gasteiger partial charge in [0.15, 0.2) is 5.75 Å². The maximum atomic E-state index is 12.8. The molecule has 7 heteroatoms. The summed E-state index contributed by atoms with van der Waals surface area (Å²) >= 11 is 0. The Kier molecular flexibility index (Phi) is 6.96. The van der Waals surface area contributed by atoms with Crippen molar-refractivity contribution in [1.29, 1.82) is 0 Å². The lowest BCUT2D eigenvalue weighted by Gasteiger charge is -2.39. The second-order valence-electron chi connectivity index (χ2n) is 10.4. The first-order valence-corrected chi connectivity index (χ1v) is 13.4. The summed E-state index contributed by atoms with van der Waals surface area (Å²) in [6.07, 6.45) is 1.33. The molecule has 1 aromatic carbocycles. The van der Waals surface area contributed by atoms with Crippen LogP contribution < -0.4 is 9.16 Å². The highest BCUT2D eigenvalue weighted by atomic mass is 28.4. The number of hydrogen-bond donors (Lipinski definition) is 0. The van der Waals surface area contributed by atoms with Gasteiger partial charge in [0.1, 0.15) is 17.6 Å². The summed E-state index contributed by atoms with van der Waals surface area (Å²) in [5.74, 6) is 1.36. The molecule has 1 atom stereocenters. The average molecular weight is 436 g/mol. The minimum atomic E-state index is -2.10. The third-order valence-electron chi connectivity index (χ3n) is 5.90. The molecular weight excluding hydrogens is 398 g/mol. The molecule has 0 unspecified atom stereocenters. The van der Waals surface area contributed by atoms with Gasteiger partial charge in [-0.3, -0.25) is 0 Å². The molecule has 0 fully saturated rings. The fraction of sp³-hybridized carbons (Fsp3) is 0.652. The Balaban J connectivity index is 2.49. The zero-order chi connectivity index (χ0) is 22.9. The van der Waals surface area contributed by atoms with Crippen LogP contribution in [0.2, 0.25) is 18.1 Å². The van der Waals surface area contributed by atoms with Gasteiger partial charge in [-0.2, -0.15) is 0 Å². The van der Waals surface area contributed by atoms with Crippen LogP contribution in [0, 0.1) is 0 Å². The van der Waals surface area contributed by atoms with E-state index in [1.54, 1.807) is 12.0 Å². The lowest BCUT2D eigenvalue weighted by molar-refractivity contribution is -0.109. The second-order valence-corrected chi connectivity index (χ2v) is 15.1.